The van der Waals surface area contributed by atoms with Gasteiger partial charge in [-0.3, -0.25) is 4.79 Å². The number of pyridine rings is 1. The lowest BCUT2D eigenvalue weighted by atomic mass is 10.2. The molecule has 0 unspecified atom stereocenters. The molecule has 19 heavy (non-hydrogen) atoms. The summed E-state index contributed by atoms with van der Waals surface area (Å²) < 4.78 is 13.5. The highest BCUT2D eigenvalue weighted by atomic mass is 35.5. The minimum atomic E-state index is -0.566. The molecule has 2 aromatic rings. The van der Waals surface area contributed by atoms with Crippen molar-refractivity contribution in [3.05, 3.63) is 52.9 Å². The average molecular weight is 281 g/mol. The summed E-state index contributed by atoms with van der Waals surface area (Å²) in [7, 11) is 0. The predicted octanol–water partition coefficient (Wildman–Crippen LogP) is 2.41. The lowest BCUT2D eigenvalue weighted by Crippen LogP contribution is -2.15. The second kappa shape index (κ2) is 5.64. The van der Waals surface area contributed by atoms with E-state index >= 15 is 0 Å². The van der Waals surface area contributed by atoms with Gasteiger partial charge in [-0.1, -0.05) is 11.6 Å². The number of anilines is 2. The van der Waals surface area contributed by atoms with Gasteiger partial charge in [0.25, 0.3) is 5.91 Å². The Kier molecular flexibility index (Phi) is 3.94. The molecule has 2 rings (SSSR count). The van der Waals surface area contributed by atoms with Crippen LogP contribution < -0.4 is 16.6 Å². The van der Waals surface area contributed by atoms with Gasteiger partial charge in [0.15, 0.2) is 0 Å². The van der Waals surface area contributed by atoms with Crippen LogP contribution in [0.25, 0.3) is 0 Å². The minimum Gasteiger partial charge on any atom is -0.319 e. The van der Waals surface area contributed by atoms with Gasteiger partial charge in [0.05, 0.1) is 5.69 Å². The number of hydrazine groups is 1. The molecule has 5 nitrogen and oxygen atoms in total. The Morgan fingerprint density at radius 3 is 2.84 bits per heavy atom. The lowest BCUT2D eigenvalue weighted by Gasteiger charge is -2.07. The molecular weight excluding hydrogens is 271 g/mol. The van der Waals surface area contributed by atoms with E-state index < -0.39 is 11.7 Å². The van der Waals surface area contributed by atoms with Crippen LogP contribution in [0.4, 0.5) is 15.9 Å². The van der Waals surface area contributed by atoms with E-state index in [4.69, 9.17) is 17.4 Å². The molecule has 1 amide bonds. The van der Waals surface area contributed by atoms with E-state index in [9.17, 15) is 9.18 Å². The summed E-state index contributed by atoms with van der Waals surface area (Å²) >= 11 is 5.74. The molecule has 1 heterocycles. The number of carbonyl (C=O) groups excluding carboxylic acids is 1. The Morgan fingerprint density at radius 1 is 1.32 bits per heavy atom. The summed E-state index contributed by atoms with van der Waals surface area (Å²) in [6, 6.07) is 6.83. The van der Waals surface area contributed by atoms with Crippen molar-refractivity contribution in [1.82, 2.24) is 4.98 Å². The third-order valence-electron chi connectivity index (χ3n) is 2.35. The van der Waals surface area contributed by atoms with Crippen LogP contribution in [-0.4, -0.2) is 10.9 Å². The molecule has 7 heteroatoms. The summed E-state index contributed by atoms with van der Waals surface area (Å²) in [4.78, 5) is 15.8. The van der Waals surface area contributed by atoms with Crippen molar-refractivity contribution in [3.8, 4) is 0 Å². The molecular formula is C12H10ClFN4O. The van der Waals surface area contributed by atoms with Crippen molar-refractivity contribution in [2.24, 2.45) is 5.84 Å². The van der Waals surface area contributed by atoms with Gasteiger partial charge in [-0.25, -0.2) is 15.2 Å². The molecule has 0 aliphatic carbocycles. The number of nitrogen functional groups attached to an aromatic ring is 1. The number of hydrogen-bond donors (Lipinski definition) is 3. The van der Waals surface area contributed by atoms with E-state index in [0.29, 0.717) is 16.4 Å². The highest BCUT2D eigenvalue weighted by Crippen LogP contribution is 2.20. The Labute approximate surface area is 113 Å². The van der Waals surface area contributed by atoms with Crippen LogP contribution in [0, 0.1) is 5.82 Å². The quantitative estimate of drug-likeness (QED) is 0.596. The highest BCUT2D eigenvalue weighted by Gasteiger charge is 2.10. The van der Waals surface area contributed by atoms with Gasteiger partial charge in [-0.05, 0) is 30.3 Å². The van der Waals surface area contributed by atoms with Gasteiger partial charge >= 0.3 is 0 Å². The number of nitrogens with two attached hydrogens (primary N) is 1. The molecule has 98 valence electrons. The van der Waals surface area contributed by atoms with Crippen LogP contribution in [-0.2, 0) is 0 Å². The number of rotatable bonds is 3. The number of aromatic nitrogens is 1. The Hall–Kier alpha value is -2.18. The van der Waals surface area contributed by atoms with Gasteiger partial charge in [-0.2, -0.15) is 0 Å². The molecule has 1 aromatic carbocycles. The first-order valence-corrected chi connectivity index (χ1v) is 5.67. The largest absolute Gasteiger partial charge is 0.319 e. The molecule has 0 spiro atoms. The maximum absolute atomic E-state index is 13.5. The van der Waals surface area contributed by atoms with Crippen molar-refractivity contribution in [1.29, 1.82) is 0 Å². The number of carbonyl (C=O) groups is 1. The highest BCUT2D eigenvalue weighted by molar-refractivity contribution is 6.31. The topological polar surface area (TPSA) is 80.0 Å². The summed E-state index contributed by atoms with van der Waals surface area (Å²) in [5, 5.41) is 2.75. The van der Waals surface area contributed by atoms with E-state index in [1.165, 1.54) is 36.5 Å². The summed E-state index contributed by atoms with van der Waals surface area (Å²) in [6.45, 7) is 0. The van der Waals surface area contributed by atoms with Gasteiger partial charge in [0, 0.05) is 16.8 Å². The van der Waals surface area contributed by atoms with E-state index in [1.807, 2.05) is 0 Å². The van der Waals surface area contributed by atoms with Crippen LogP contribution >= 0.6 is 11.6 Å². The van der Waals surface area contributed by atoms with Crippen LogP contribution in [0.5, 0.6) is 0 Å². The minimum absolute atomic E-state index is 0.0107. The zero-order valence-electron chi connectivity index (χ0n) is 9.65. The molecule has 0 saturated heterocycles. The Balaban J connectivity index is 2.22. The Bertz CT molecular complexity index is 620. The monoisotopic (exact) mass is 280 g/mol. The number of nitrogens with zero attached hydrogens (tertiary/aromatic N) is 1. The predicted molar refractivity (Wildman–Crippen MR) is 71.4 cm³/mol. The third-order valence-corrected chi connectivity index (χ3v) is 2.58. The van der Waals surface area contributed by atoms with E-state index in [0.717, 1.165) is 0 Å². The maximum Gasteiger partial charge on any atom is 0.255 e. The van der Waals surface area contributed by atoms with Crippen molar-refractivity contribution in [2.75, 3.05) is 10.7 Å². The van der Waals surface area contributed by atoms with Crippen LogP contribution in [0.3, 0.4) is 0 Å². The molecule has 1 aromatic heterocycles. The molecule has 0 radical (unpaired) electrons. The first-order chi connectivity index (χ1) is 9.10. The lowest BCUT2D eigenvalue weighted by molar-refractivity contribution is 0.102. The fraction of sp³-hybridized carbons (Fsp3) is 0. The van der Waals surface area contributed by atoms with Crippen molar-refractivity contribution in [3.63, 3.8) is 0 Å². The second-order valence-corrected chi connectivity index (χ2v) is 4.09. The molecule has 0 fully saturated rings. The zero-order chi connectivity index (χ0) is 13.8. The van der Waals surface area contributed by atoms with Crippen molar-refractivity contribution >= 4 is 29.0 Å². The number of halogens is 2. The molecule has 0 aliphatic heterocycles. The summed E-state index contributed by atoms with van der Waals surface area (Å²) in [5.41, 5.74) is 2.62. The van der Waals surface area contributed by atoms with E-state index in [2.05, 4.69) is 15.7 Å². The normalized spacial score (nSPS) is 10.1. The number of amides is 1. The summed E-state index contributed by atoms with van der Waals surface area (Å²) in [6.07, 6.45) is 1.42. The average Bonchev–Trinajstić information content (AvgIpc) is 2.43. The fourth-order valence-corrected chi connectivity index (χ4v) is 1.61. The SMILES string of the molecule is NNc1cc(C(=O)Nc2cc(Cl)ccc2F)ccn1. The number of hydrogen-bond acceptors (Lipinski definition) is 4. The third kappa shape index (κ3) is 3.18. The molecule has 0 aliphatic rings. The fourth-order valence-electron chi connectivity index (χ4n) is 1.44. The van der Waals surface area contributed by atoms with Crippen molar-refractivity contribution < 1.29 is 9.18 Å². The number of benzene rings is 1. The van der Waals surface area contributed by atoms with Gasteiger partial charge in [-0.15, -0.1) is 0 Å². The van der Waals surface area contributed by atoms with Gasteiger partial charge < -0.3 is 10.7 Å². The molecule has 0 saturated carbocycles. The van der Waals surface area contributed by atoms with Crippen LogP contribution in [0.1, 0.15) is 10.4 Å². The van der Waals surface area contributed by atoms with Crippen molar-refractivity contribution in [2.45, 2.75) is 0 Å². The van der Waals surface area contributed by atoms with E-state index in [-0.39, 0.29) is 5.69 Å². The molecule has 0 bridgehead atoms. The molecule has 4 N–H and O–H groups in total. The Morgan fingerprint density at radius 2 is 2.11 bits per heavy atom. The number of nitrogens with one attached hydrogen (secondary N) is 2. The first kappa shape index (κ1) is 13.3. The maximum atomic E-state index is 13.5. The van der Waals surface area contributed by atoms with E-state index in [1.54, 1.807) is 0 Å². The van der Waals surface area contributed by atoms with Crippen LogP contribution in [0.15, 0.2) is 36.5 Å². The first-order valence-electron chi connectivity index (χ1n) is 5.29. The van der Waals surface area contributed by atoms with Crippen LogP contribution in [0.2, 0.25) is 5.02 Å². The second-order valence-electron chi connectivity index (χ2n) is 3.65. The zero-order valence-corrected chi connectivity index (χ0v) is 10.4. The van der Waals surface area contributed by atoms with Gasteiger partial charge in [0.1, 0.15) is 11.6 Å². The van der Waals surface area contributed by atoms with Gasteiger partial charge in [0.2, 0.25) is 0 Å². The standard InChI is InChI=1S/C12H10ClFN4O/c13-8-1-2-9(14)10(6-8)17-12(19)7-3-4-16-11(5-7)18-15/h1-6H,15H2,(H,16,18)(H,17,19). The smallest absolute Gasteiger partial charge is 0.255 e. The molecule has 0 atom stereocenters. The summed E-state index contributed by atoms with van der Waals surface area (Å²) in [5.74, 6) is 4.47.